The molecule has 1 atom stereocenters. The number of carbonyl (C=O) groups excluding carboxylic acids is 3. The zero-order chi connectivity index (χ0) is 21.1. The molecule has 0 bridgehead atoms. The number of phenols is 1. The van der Waals surface area contributed by atoms with E-state index in [9.17, 15) is 19.5 Å². The molecule has 3 rings (SSSR count). The summed E-state index contributed by atoms with van der Waals surface area (Å²) in [7, 11) is 0. The zero-order valence-electron chi connectivity index (χ0n) is 16.7. The Morgan fingerprint density at radius 3 is 2.66 bits per heavy atom. The maximum absolute atomic E-state index is 12.7. The fourth-order valence-electron chi connectivity index (χ4n) is 3.24. The van der Waals surface area contributed by atoms with E-state index in [-0.39, 0.29) is 24.0 Å². The first kappa shape index (κ1) is 20.4. The smallest absolute Gasteiger partial charge is 0.268 e. The van der Waals surface area contributed by atoms with Crippen LogP contribution in [-0.4, -0.2) is 35.4 Å². The molecule has 2 N–H and O–H groups in total. The average Bonchev–Trinajstić information content (AvgIpc) is 2.67. The third-order valence-corrected chi connectivity index (χ3v) is 4.75. The van der Waals surface area contributed by atoms with Gasteiger partial charge in [0.15, 0.2) is 11.9 Å². The highest BCUT2D eigenvalue weighted by Gasteiger charge is 2.33. The summed E-state index contributed by atoms with van der Waals surface area (Å²) in [4.78, 5) is 38.9. The van der Waals surface area contributed by atoms with Gasteiger partial charge in [0.05, 0.1) is 5.69 Å². The van der Waals surface area contributed by atoms with Crippen LogP contribution in [-0.2, 0) is 9.59 Å². The molecule has 7 heteroatoms. The summed E-state index contributed by atoms with van der Waals surface area (Å²) in [6.07, 6.45) is 0.397. The van der Waals surface area contributed by atoms with Gasteiger partial charge in [-0.15, -0.1) is 0 Å². The third kappa shape index (κ3) is 4.39. The van der Waals surface area contributed by atoms with Gasteiger partial charge in [-0.3, -0.25) is 19.3 Å². The second-order valence-corrected chi connectivity index (χ2v) is 7.09. The summed E-state index contributed by atoms with van der Waals surface area (Å²) < 4.78 is 5.64. The van der Waals surface area contributed by atoms with Crippen LogP contribution in [0, 0.1) is 6.92 Å². The Morgan fingerprint density at radius 1 is 1.21 bits per heavy atom. The van der Waals surface area contributed by atoms with Crippen LogP contribution < -0.4 is 15.0 Å². The molecule has 1 aliphatic heterocycles. The van der Waals surface area contributed by atoms with E-state index < -0.39 is 12.0 Å². The number of nitrogens with zero attached hydrogens (tertiary/aromatic N) is 1. The number of anilines is 2. The van der Waals surface area contributed by atoms with Crippen molar-refractivity contribution in [1.82, 2.24) is 0 Å². The van der Waals surface area contributed by atoms with Gasteiger partial charge in [0.1, 0.15) is 18.0 Å². The molecule has 0 spiro atoms. The summed E-state index contributed by atoms with van der Waals surface area (Å²) in [5, 5.41) is 12.3. The molecule has 1 unspecified atom stereocenters. The lowest BCUT2D eigenvalue weighted by Crippen LogP contribution is -2.47. The lowest BCUT2D eigenvalue weighted by Gasteiger charge is -2.33. The Labute approximate surface area is 169 Å². The molecule has 0 aliphatic carbocycles. The van der Waals surface area contributed by atoms with Crippen LogP contribution in [0.3, 0.4) is 0 Å². The van der Waals surface area contributed by atoms with Crippen LogP contribution in [0.25, 0.3) is 0 Å². The minimum absolute atomic E-state index is 0.0227. The van der Waals surface area contributed by atoms with Gasteiger partial charge in [0.25, 0.3) is 5.91 Å². The molecule has 0 radical (unpaired) electrons. The second kappa shape index (κ2) is 8.34. The van der Waals surface area contributed by atoms with Gasteiger partial charge < -0.3 is 15.2 Å². The van der Waals surface area contributed by atoms with E-state index in [1.54, 1.807) is 44.2 Å². The van der Waals surface area contributed by atoms with E-state index in [1.165, 1.54) is 11.0 Å². The van der Waals surface area contributed by atoms with Crippen LogP contribution in [0.2, 0.25) is 0 Å². The molecule has 1 aliphatic rings. The number of rotatable bonds is 6. The van der Waals surface area contributed by atoms with Crippen molar-refractivity contribution in [2.45, 2.75) is 39.7 Å². The molecule has 29 heavy (non-hydrogen) atoms. The van der Waals surface area contributed by atoms with Gasteiger partial charge in [0.2, 0.25) is 5.91 Å². The Hall–Kier alpha value is -3.35. The first-order chi connectivity index (χ1) is 13.8. The van der Waals surface area contributed by atoms with Gasteiger partial charge in [-0.05, 0) is 62.2 Å². The summed E-state index contributed by atoms with van der Waals surface area (Å²) in [6, 6.07) is 9.57. The van der Waals surface area contributed by atoms with Crippen molar-refractivity contribution in [3.05, 3.63) is 47.5 Å². The van der Waals surface area contributed by atoms with Gasteiger partial charge >= 0.3 is 0 Å². The number of Topliss-reactive ketones (excluding diaryl/α,β-unsaturated/α-hetero) is 1. The van der Waals surface area contributed by atoms with E-state index in [0.717, 1.165) is 6.42 Å². The molecule has 2 aromatic rings. The Bertz CT molecular complexity index is 970. The number of phenolic OH excluding ortho intramolecular Hbond substituents is 1. The zero-order valence-corrected chi connectivity index (χ0v) is 16.7. The first-order valence-electron chi connectivity index (χ1n) is 9.55. The first-order valence-corrected chi connectivity index (χ1v) is 9.55. The number of benzene rings is 2. The number of nitrogens with one attached hydrogen (secondary N) is 1. The van der Waals surface area contributed by atoms with Crippen LogP contribution in [0.4, 0.5) is 11.4 Å². The molecule has 0 aromatic heterocycles. The topological polar surface area (TPSA) is 95.9 Å². The minimum atomic E-state index is -0.733. The number of fused-ring (bicyclic) bond motifs is 1. The van der Waals surface area contributed by atoms with Gasteiger partial charge in [-0.1, -0.05) is 6.92 Å². The highest BCUT2D eigenvalue weighted by Crippen LogP contribution is 2.35. The summed E-state index contributed by atoms with van der Waals surface area (Å²) in [6.45, 7) is 5.09. The van der Waals surface area contributed by atoms with Crippen molar-refractivity contribution in [3.63, 3.8) is 0 Å². The Kier molecular flexibility index (Phi) is 5.87. The number of amides is 2. The van der Waals surface area contributed by atoms with E-state index in [2.05, 4.69) is 5.32 Å². The monoisotopic (exact) mass is 396 g/mol. The fraction of sp³-hybridized carbons (Fsp3) is 0.318. The SMILES string of the molecule is CCCC(=O)c1ccc2c(c1)N(CC(=O)Nc1ccc(O)cc1C)C(=O)C(C)O2. The molecule has 2 amide bonds. The maximum atomic E-state index is 12.7. The Morgan fingerprint density at radius 2 is 1.97 bits per heavy atom. The molecule has 0 saturated heterocycles. The average molecular weight is 396 g/mol. The standard InChI is InChI=1S/C22H24N2O5/c1-4-5-19(26)15-6-9-20-18(11-15)24(22(28)14(3)29-20)12-21(27)23-17-8-7-16(25)10-13(17)2/h6-11,14,25H,4-5,12H2,1-3H3,(H,23,27). The summed E-state index contributed by atoms with van der Waals surface area (Å²) in [5.41, 5.74) is 2.14. The number of carbonyl (C=O) groups is 3. The number of aryl methyl sites for hydroxylation is 1. The van der Waals surface area contributed by atoms with Crippen LogP contribution in [0.5, 0.6) is 11.5 Å². The largest absolute Gasteiger partial charge is 0.508 e. The summed E-state index contributed by atoms with van der Waals surface area (Å²) in [5.74, 6) is -0.201. The van der Waals surface area contributed by atoms with Crippen molar-refractivity contribution in [3.8, 4) is 11.5 Å². The molecule has 1 heterocycles. The lowest BCUT2D eigenvalue weighted by molar-refractivity contribution is -0.127. The summed E-state index contributed by atoms with van der Waals surface area (Å²) >= 11 is 0. The van der Waals surface area contributed by atoms with Crippen molar-refractivity contribution < 1.29 is 24.2 Å². The highest BCUT2D eigenvalue weighted by molar-refractivity contribution is 6.07. The highest BCUT2D eigenvalue weighted by atomic mass is 16.5. The van der Waals surface area contributed by atoms with Gasteiger partial charge in [-0.2, -0.15) is 0 Å². The third-order valence-electron chi connectivity index (χ3n) is 4.75. The number of hydrogen-bond acceptors (Lipinski definition) is 5. The van der Waals surface area contributed by atoms with Crippen molar-refractivity contribution >= 4 is 29.0 Å². The van der Waals surface area contributed by atoms with Crippen molar-refractivity contribution in [2.75, 3.05) is 16.8 Å². The number of aromatic hydroxyl groups is 1. The van der Waals surface area contributed by atoms with Crippen LogP contribution in [0.1, 0.15) is 42.6 Å². The van der Waals surface area contributed by atoms with Crippen LogP contribution >= 0.6 is 0 Å². The van der Waals surface area contributed by atoms with E-state index in [4.69, 9.17) is 4.74 Å². The molecule has 152 valence electrons. The maximum Gasteiger partial charge on any atom is 0.268 e. The molecule has 2 aromatic carbocycles. The minimum Gasteiger partial charge on any atom is -0.508 e. The molecule has 0 fully saturated rings. The van der Waals surface area contributed by atoms with E-state index in [1.807, 2.05) is 6.92 Å². The van der Waals surface area contributed by atoms with E-state index >= 15 is 0 Å². The molecule has 0 saturated carbocycles. The quantitative estimate of drug-likeness (QED) is 0.576. The second-order valence-electron chi connectivity index (χ2n) is 7.09. The molecular formula is C22H24N2O5. The predicted octanol–water partition coefficient (Wildman–Crippen LogP) is 3.44. The molecule has 7 nitrogen and oxygen atoms in total. The lowest BCUT2D eigenvalue weighted by atomic mass is 10.0. The molecular weight excluding hydrogens is 372 g/mol. The van der Waals surface area contributed by atoms with E-state index in [0.29, 0.717) is 34.7 Å². The number of ether oxygens (including phenoxy) is 1. The fourth-order valence-corrected chi connectivity index (χ4v) is 3.24. The normalized spacial score (nSPS) is 15.5. The number of ketones is 1. The Balaban J connectivity index is 1.86. The predicted molar refractivity (Wildman–Crippen MR) is 110 cm³/mol. The van der Waals surface area contributed by atoms with Crippen molar-refractivity contribution in [1.29, 1.82) is 0 Å². The number of hydrogen-bond donors (Lipinski definition) is 2. The van der Waals surface area contributed by atoms with Crippen LogP contribution in [0.15, 0.2) is 36.4 Å². The van der Waals surface area contributed by atoms with Crippen molar-refractivity contribution in [2.24, 2.45) is 0 Å². The van der Waals surface area contributed by atoms with Gasteiger partial charge in [0, 0.05) is 17.7 Å². The van der Waals surface area contributed by atoms with Gasteiger partial charge in [-0.25, -0.2) is 0 Å².